The Morgan fingerprint density at radius 1 is 0.900 bits per heavy atom. The molecule has 1 saturated heterocycles. The molecule has 1 amide bonds. The molecule has 1 fully saturated rings. The Labute approximate surface area is 175 Å². The standard InChI is InChI=1S/C23H23N5O2/c29-23-14-16-13-18(3-6-21(16)27-23)25-19-7-8-24-22(15-19)26-17-1-4-20(5-2-17)28-9-11-30-12-10-28/h1-8,13,15H,9-12,14H2,(H,27,29)(H2,24,25,26). The molecule has 30 heavy (non-hydrogen) atoms. The van der Waals surface area contributed by atoms with E-state index in [0.717, 1.165) is 60.4 Å². The number of aromatic nitrogens is 1. The topological polar surface area (TPSA) is 78.5 Å². The van der Waals surface area contributed by atoms with Crippen LogP contribution in [0.3, 0.4) is 0 Å². The van der Waals surface area contributed by atoms with Gasteiger partial charge in [-0.15, -0.1) is 0 Å². The van der Waals surface area contributed by atoms with Crippen LogP contribution in [0.25, 0.3) is 0 Å². The molecule has 0 unspecified atom stereocenters. The molecule has 0 spiro atoms. The second-order valence-electron chi connectivity index (χ2n) is 7.42. The number of carbonyl (C=O) groups is 1. The summed E-state index contributed by atoms with van der Waals surface area (Å²) in [4.78, 5) is 18.3. The second kappa shape index (κ2) is 8.04. The number of nitrogens with one attached hydrogen (secondary N) is 3. The number of carbonyl (C=O) groups excluding carboxylic acids is 1. The molecule has 1 aromatic heterocycles. The van der Waals surface area contributed by atoms with Gasteiger partial charge in [-0.25, -0.2) is 4.98 Å². The van der Waals surface area contributed by atoms with Crippen molar-refractivity contribution >= 4 is 40.2 Å². The SMILES string of the molecule is O=C1Cc2cc(Nc3ccnc(Nc4ccc(N5CCOCC5)cc4)c3)ccc2N1. The number of rotatable bonds is 5. The highest BCUT2D eigenvalue weighted by Gasteiger charge is 2.17. The van der Waals surface area contributed by atoms with Gasteiger partial charge < -0.3 is 25.6 Å². The predicted octanol–water partition coefficient (Wildman–Crippen LogP) is 3.90. The Hall–Kier alpha value is -3.58. The Bertz CT molecular complexity index is 1060. The summed E-state index contributed by atoms with van der Waals surface area (Å²) in [7, 11) is 0. The molecule has 152 valence electrons. The quantitative estimate of drug-likeness (QED) is 0.602. The van der Waals surface area contributed by atoms with E-state index in [0.29, 0.717) is 6.42 Å². The summed E-state index contributed by atoms with van der Waals surface area (Å²) in [6.07, 6.45) is 2.19. The Kier molecular flexibility index (Phi) is 4.94. The van der Waals surface area contributed by atoms with Crippen LogP contribution in [0, 0.1) is 0 Å². The Morgan fingerprint density at radius 2 is 1.67 bits per heavy atom. The van der Waals surface area contributed by atoms with Crippen molar-refractivity contribution < 1.29 is 9.53 Å². The van der Waals surface area contributed by atoms with Gasteiger partial charge in [0.2, 0.25) is 5.91 Å². The minimum atomic E-state index is 0.0391. The number of amides is 1. The molecule has 2 aromatic carbocycles. The molecule has 0 radical (unpaired) electrons. The van der Waals surface area contributed by atoms with Crippen LogP contribution in [0.2, 0.25) is 0 Å². The molecule has 5 rings (SSSR count). The van der Waals surface area contributed by atoms with Crippen molar-refractivity contribution in [2.45, 2.75) is 6.42 Å². The van der Waals surface area contributed by atoms with E-state index in [9.17, 15) is 4.79 Å². The lowest BCUT2D eigenvalue weighted by molar-refractivity contribution is -0.115. The van der Waals surface area contributed by atoms with Gasteiger partial charge in [-0.3, -0.25) is 4.79 Å². The van der Waals surface area contributed by atoms with Crippen molar-refractivity contribution in [2.24, 2.45) is 0 Å². The van der Waals surface area contributed by atoms with Crippen molar-refractivity contribution in [1.29, 1.82) is 0 Å². The van der Waals surface area contributed by atoms with Gasteiger partial charge in [0.05, 0.1) is 19.6 Å². The number of morpholine rings is 1. The van der Waals surface area contributed by atoms with Gasteiger partial charge in [-0.05, 0) is 54.1 Å². The van der Waals surface area contributed by atoms with Crippen molar-refractivity contribution in [3.8, 4) is 0 Å². The normalized spacial score (nSPS) is 15.5. The number of pyridine rings is 1. The molecular weight excluding hydrogens is 378 g/mol. The molecule has 2 aliphatic heterocycles. The minimum absolute atomic E-state index is 0.0391. The van der Waals surface area contributed by atoms with Crippen LogP contribution in [0.15, 0.2) is 60.8 Å². The molecular formula is C23H23N5O2. The zero-order valence-corrected chi connectivity index (χ0v) is 16.5. The van der Waals surface area contributed by atoms with Gasteiger partial charge in [0, 0.05) is 53.8 Å². The van der Waals surface area contributed by atoms with E-state index in [1.54, 1.807) is 6.20 Å². The molecule has 0 aliphatic carbocycles. The first-order valence-corrected chi connectivity index (χ1v) is 10.1. The van der Waals surface area contributed by atoms with Crippen LogP contribution in [-0.2, 0) is 16.0 Å². The first kappa shape index (κ1) is 18.4. The average molecular weight is 401 g/mol. The largest absolute Gasteiger partial charge is 0.378 e. The summed E-state index contributed by atoms with van der Waals surface area (Å²) in [6.45, 7) is 3.41. The first-order valence-electron chi connectivity index (χ1n) is 10.1. The number of nitrogens with zero attached hydrogens (tertiary/aromatic N) is 2. The van der Waals surface area contributed by atoms with Crippen LogP contribution in [0.1, 0.15) is 5.56 Å². The van der Waals surface area contributed by atoms with E-state index in [1.165, 1.54) is 5.69 Å². The van der Waals surface area contributed by atoms with Crippen molar-refractivity contribution in [3.05, 3.63) is 66.4 Å². The zero-order valence-electron chi connectivity index (χ0n) is 16.5. The summed E-state index contributed by atoms with van der Waals surface area (Å²) in [5, 5.41) is 9.60. The van der Waals surface area contributed by atoms with Crippen LogP contribution in [0.5, 0.6) is 0 Å². The molecule has 3 heterocycles. The number of hydrogen-bond acceptors (Lipinski definition) is 6. The number of hydrogen-bond donors (Lipinski definition) is 3. The lowest BCUT2D eigenvalue weighted by Gasteiger charge is -2.28. The summed E-state index contributed by atoms with van der Waals surface area (Å²) in [5.74, 6) is 0.800. The molecule has 2 aliphatic rings. The molecule has 7 heteroatoms. The van der Waals surface area contributed by atoms with Gasteiger partial charge in [0.15, 0.2) is 0 Å². The van der Waals surface area contributed by atoms with Crippen molar-refractivity contribution in [2.75, 3.05) is 47.2 Å². The maximum Gasteiger partial charge on any atom is 0.228 e. The molecule has 3 N–H and O–H groups in total. The average Bonchev–Trinajstić information content (AvgIpc) is 3.14. The first-order chi connectivity index (χ1) is 14.7. The van der Waals surface area contributed by atoms with Gasteiger partial charge >= 0.3 is 0 Å². The van der Waals surface area contributed by atoms with Gasteiger partial charge in [0.25, 0.3) is 0 Å². The van der Waals surface area contributed by atoms with E-state index >= 15 is 0 Å². The van der Waals surface area contributed by atoms with Crippen LogP contribution >= 0.6 is 0 Å². The second-order valence-corrected chi connectivity index (χ2v) is 7.42. The Balaban J connectivity index is 1.26. The fourth-order valence-electron chi connectivity index (χ4n) is 3.78. The fraction of sp³-hybridized carbons (Fsp3) is 0.217. The number of fused-ring (bicyclic) bond motifs is 1. The summed E-state index contributed by atoms with van der Waals surface area (Å²) < 4.78 is 5.42. The number of benzene rings is 2. The highest BCUT2D eigenvalue weighted by atomic mass is 16.5. The molecule has 0 bridgehead atoms. The highest BCUT2D eigenvalue weighted by Crippen LogP contribution is 2.28. The number of ether oxygens (including phenoxy) is 1. The molecule has 0 saturated carbocycles. The lowest BCUT2D eigenvalue weighted by Crippen LogP contribution is -2.36. The summed E-state index contributed by atoms with van der Waals surface area (Å²) in [5.41, 5.74) is 5.96. The molecule has 0 atom stereocenters. The third-order valence-electron chi connectivity index (χ3n) is 5.29. The van der Waals surface area contributed by atoms with Gasteiger partial charge in [-0.1, -0.05) is 0 Å². The van der Waals surface area contributed by atoms with Crippen LogP contribution in [0.4, 0.5) is 34.3 Å². The van der Waals surface area contributed by atoms with E-state index in [-0.39, 0.29) is 5.91 Å². The predicted molar refractivity (Wildman–Crippen MR) is 119 cm³/mol. The third-order valence-corrected chi connectivity index (χ3v) is 5.29. The van der Waals surface area contributed by atoms with E-state index < -0.39 is 0 Å². The van der Waals surface area contributed by atoms with E-state index in [2.05, 4.69) is 50.1 Å². The highest BCUT2D eigenvalue weighted by molar-refractivity contribution is 5.99. The van der Waals surface area contributed by atoms with Crippen molar-refractivity contribution in [3.63, 3.8) is 0 Å². The monoisotopic (exact) mass is 401 g/mol. The third kappa shape index (κ3) is 4.06. The maximum absolute atomic E-state index is 11.5. The van der Waals surface area contributed by atoms with Gasteiger partial charge in [0.1, 0.15) is 5.82 Å². The number of anilines is 6. The van der Waals surface area contributed by atoms with Gasteiger partial charge in [-0.2, -0.15) is 0 Å². The molecule has 3 aromatic rings. The van der Waals surface area contributed by atoms with Crippen LogP contribution < -0.4 is 20.9 Å². The lowest BCUT2D eigenvalue weighted by atomic mass is 10.1. The Morgan fingerprint density at radius 3 is 2.50 bits per heavy atom. The van der Waals surface area contributed by atoms with E-state index in [1.807, 2.05) is 30.3 Å². The van der Waals surface area contributed by atoms with Crippen LogP contribution in [-0.4, -0.2) is 37.2 Å². The fourth-order valence-corrected chi connectivity index (χ4v) is 3.78. The smallest absolute Gasteiger partial charge is 0.228 e. The van der Waals surface area contributed by atoms with E-state index in [4.69, 9.17) is 4.74 Å². The summed E-state index contributed by atoms with van der Waals surface area (Å²) in [6, 6.07) is 18.2. The minimum Gasteiger partial charge on any atom is -0.378 e. The molecule has 7 nitrogen and oxygen atoms in total. The maximum atomic E-state index is 11.5. The van der Waals surface area contributed by atoms with Crippen molar-refractivity contribution in [1.82, 2.24) is 4.98 Å². The zero-order chi connectivity index (χ0) is 20.3. The summed E-state index contributed by atoms with van der Waals surface area (Å²) >= 11 is 0.